The average Bonchev–Trinajstić information content (AvgIpc) is 3.38. The third-order valence-corrected chi connectivity index (χ3v) is 5.22. The van der Waals surface area contributed by atoms with Gasteiger partial charge in [-0.15, -0.1) is 11.3 Å². The van der Waals surface area contributed by atoms with E-state index in [-0.39, 0.29) is 18.4 Å². The molecule has 3 rings (SSSR count). The number of hydrogen-bond donors (Lipinski definition) is 2. The molecule has 1 aromatic carbocycles. The molecule has 0 unspecified atom stereocenters. The molecule has 0 aliphatic rings. The molecule has 2 aromatic heterocycles. The summed E-state index contributed by atoms with van der Waals surface area (Å²) in [6.07, 6.45) is 1.46. The zero-order valence-electron chi connectivity index (χ0n) is 16.8. The van der Waals surface area contributed by atoms with Crippen molar-refractivity contribution in [3.63, 3.8) is 0 Å². The third kappa shape index (κ3) is 4.74. The number of amides is 2. The van der Waals surface area contributed by atoms with Gasteiger partial charge in [-0.3, -0.25) is 9.59 Å². The summed E-state index contributed by atoms with van der Waals surface area (Å²) in [5.41, 5.74) is 2.24. The van der Waals surface area contributed by atoms with E-state index in [2.05, 4.69) is 15.7 Å². The molecule has 0 aliphatic heterocycles. The largest absolute Gasteiger partial charge is 0.462 e. The highest BCUT2D eigenvalue weighted by Gasteiger charge is 2.19. The monoisotopic (exact) mass is 426 g/mol. The van der Waals surface area contributed by atoms with E-state index >= 15 is 0 Å². The normalized spacial score (nSPS) is 11.6. The Balaban J connectivity index is 1.70. The zero-order valence-corrected chi connectivity index (χ0v) is 17.7. The standard InChI is InChI=1S/C21H22N4O4S/c1-4-29-21(28)17-12-22-25(14(17)3)16-8-5-7-15(11-16)24-19(26)13(2)23-20(27)18-9-6-10-30-18/h5-13H,4H2,1-3H3,(H,23,27)(H,24,26)/t13-/m0/s1. The molecule has 0 spiro atoms. The van der Waals surface area contributed by atoms with Crippen molar-refractivity contribution < 1.29 is 19.1 Å². The fourth-order valence-corrected chi connectivity index (χ4v) is 3.41. The van der Waals surface area contributed by atoms with E-state index in [9.17, 15) is 14.4 Å². The van der Waals surface area contributed by atoms with Gasteiger partial charge in [0.1, 0.15) is 11.6 Å². The molecule has 30 heavy (non-hydrogen) atoms. The van der Waals surface area contributed by atoms with Crippen LogP contribution in [0, 0.1) is 6.92 Å². The minimum Gasteiger partial charge on any atom is -0.462 e. The average molecular weight is 426 g/mol. The van der Waals surface area contributed by atoms with E-state index in [0.717, 1.165) is 0 Å². The molecule has 0 bridgehead atoms. The van der Waals surface area contributed by atoms with Crippen LogP contribution in [-0.4, -0.2) is 40.2 Å². The van der Waals surface area contributed by atoms with Crippen LogP contribution in [-0.2, 0) is 9.53 Å². The summed E-state index contributed by atoms with van der Waals surface area (Å²) in [6.45, 7) is 5.42. The highest BCUT2D eigenvalue weighted by molar-refractivity contribution is 7.12. The summed E-state index contributed by atoms with van der Waals surface area (Å²) in [5, 5.41) is 11.5. The Labute approximate surface area is 177 Å². The second-order valence-electron chi connectivity index (χ2n) is 6.49. The number of ether oxygens (including phenoxy) is 1. The van der Waals surface area contributed by atoms with Crippen LogP contribution in [0.15, 0.2) is 48.0 Å². The second-order valence-corrected chi connectivity index (χ2v) is 7.44. The van der Waals surface area contributed by atoms with Crippen LogP contribution < -0.4 is 10.6 Å². The first-order valence-electron chi connectivity index (χ1n) is 9.38. The van der Waals surface area contributed by atoms with Crippen LogP contribution in [0.25, 0.3) is 5.69 Å². The quantitative estimate of drug-likeness (QED) is 0.565. The van der Waals surface area contributed by atoms with Crippen LogP contribution in [0.3, 0.4) is 0 Å². The minimum absolute atomic E-state index is 0.284. The van der Waals surface area contributed by atoms with E-state index in [1.54, 1.807) is 61.2 Å². The van der Waals surface area contributed by atoms with Gasteiger partial charge >= 0.3 is 5.97 Å². The number of hydrogen-bond acceptors (Lipinski definition) is 6. The number of carbonyl (C=O) groups is 3. The number of rotatable bonds is 7. The number of nitrogens with one attached hydrogen (secondary N) is 2. The number of aromatic nitrogens is 2. The number of thiophene rings is 1. The van der Waals surface area contributed by atoms with E-state index in [1.165, 1.54) is 17.5 Å². The van der Waals surface area contributed by atoms with Crippen LogP contribution in [0.1, 0.15) is 39.6 Å². The van der Waals surface area contributed by atoms with E-state index < -0.39 is 12.0 Å². The predicted octanol–water partition coefficient (Wildman–Crippen LogP) is 3.18. The first-order valence-corrected chi connectivity index (χ1v) is 10.3. The molecule has 9 heteroatoms. The fourth-order valence-electron chi connectivity index (χ4n) is 2.79. The summed E-state index contributed by atoms with van der Waals surface area (Å²) in [5.74, 6) is -1.07. The Bertz CT molecular complexity index is 1060. The van der Waals surface area contributed by atoms with Crippen molar-refractivity contribution in [2.24, 2.45) is 0 Å². The van der Waals surface area contributed by atoms with Crippen LogP contribution >= 0.6 is 11.3 Å². The number of nitrogens with zero attached hydrogens (tertiary/aromatic N) is 2. The maximum absolute atomic E-state index is 12.5. The molecule has 2 heterocycles. The van der Waals surface area contributed by atoms with Crippen molar-refractivity contribution in [1.29, 1.82) is 0 Å². The Morgan fingerprint density at radius 2 is 2.03 bits per heavy atom. The summed E-state index contributed by atoms with van der Waals surface area (Å²) in [4.78, 5) is 37.2. The van der Waals surface area contributed by atoms with Crippen molar-refractivity contribution in [3.8, 4) is 5.69 Å². The molecular weight excluding hydrogens is 404 g/mol. The van der Waals surface area contributed by atoms with Gasteiger partial charge in [0.2, 0.25) is 5.91 Å². The Kier molecular flexibility index (Phi) is 6.63. The van der Waals surface area contributed by atoms with Gasteiger partial charge in [0.25, 0.3) is 5.91 Å². The molecule has 2 N–H and O–H groups in total. The first kappa shape index (κ1) is 21.3. The molecular formula is C21H22N4O4S. The first-order chi connectivity index (χ1) is 14.4. The lowest BCUT2D eigenvalue weighted by atomic mass is 10.2. The predicted molar refractivity (Wildman–Crippen MR) is 114 cm³/mol. The van der Waals surface area contributed by atoms with Crippen LogP contribution in [0.5, 0.6) is 0 Å². The van der Waals surface area contributed by atoms with Gasteiger partial charge in [0.05, 0.1) is 29.1 Å². The number of esters is 1. The summed E-state index contributed by atoms with van der Waals surface area (Å²) in [7, 11) is 0. The van der Waals surface area contributed by atoms with Crippen LogP contribution in [0.4, 0.5) is 5.69 Å². The van der Waals surface area contributed by atoms with Gasteiger partial charge in [0.15, 0.2) is 0 Å². The van der Waals surface area contributed by atoms with Crippen molar-refractivity contribution >= 4 is 34.8 Å². The van der Waals surface area contributed by atoms with E-state index in [1.807, 2.05) is 6.07 Å². The highest BCUT2D eigenvalue weighted by atomic mass is 32.1. The van der Waals surface area contributed by atoms with Gasteiger partial charge < -0.3 is 15.4 Å². The zero-order chi connectivity index (χ0) is 21.7. The summed E-state index contributed by atoms with van der Waals surface area (Å²) >= 11 is 1.31. The smallest absolute Gasteiger partial charge is 0.341 e. The van der Waals surface area contributed by atoms with Gasteiger partial charge in [-0.1, -0.05) is 12.1 Å². The lowest BCUT2D eigenvalue weighted by Gasteiger charge is -2.14. The number of carbonyl (C=O) groups excluding carboxylic acids is 3. The SMILES string of the molecule is CCOC(=O)c1cnn(-c2cccc(NC(=O)[C@H](C)NC(=O)c3cccs3)c2)c1C. The third-order valence-electron chi connectivity index (χ3n) is 4.35. The molecule has 0 fully saturated rings. The number of benzene rings is 1. The Morgan fingerprint density at radius 1 is 1.23 bits per heavy atom. The highest BCUT2D eigenvalue weighted by Crippen LogP contribution is 2.19. The molecule has 8 nitrogen and oxygen atoms in total. The molecule has 2 amide bonds. The number of anilines is 1. The van der Waals surface area contributed by atoms with Gasteiger partial charge in [-0.2, -0.15) is 5.10 Å². The second kappa shape index (κ2) is 9.36. The van der Waals surface area contributed by atoms with Gasteiger partial charge in [-0.05, 0) is 50.4 Å². The molecule has 0 radical (unpaired) electrons. The lowest BCUT2D eigenvalue weighted by molar-refractivity contribution is -0.117. The summed E-state index contributed by atoms with van der Waals surface area (Å²) in [6, 6.07) is 9.81. The molecule has 0 saturated carbocycles. The maximum atomic E-state index is 12.5. The van der Waals surface area contributed by atoms with E-state index in [4.69, 9.17) is 4.74 Å². The van der Waals surface area contributed by atoms with Gasteiger partial charge in [0, 0.05) is 5.69 Å². The lowest BCUT2D eigenvalue weighted by Crippen LogP contribution is -2.41. The Hall–Kier alpha value is -3.46. The van der Waals surface area contributed by atoms with Crippen LogP contribution in [0.2, 0.25) is 0 Å². The molecule has 156 valence electrons. The summed E-state index contributed by atoms with van der Waals surface area (Å²) < 4.78 is 6.64. The molecule has 0 saturated heterocycles. The van der Waals surface area contributed by atoms with Crippen molar-refractivity contribution in [2.75, 3.05) is 11.9 Å². The maximum Gasteiger partial charge on any atom is 0.341 e. The molecule has 3 aromatic rings. The van der Waals surface area contributed by atoms with Gasteiger partial charge in [-0.25, -0.2) is 9.48 Å². The van der Waals surface area contributed by atoms with Crippen molar-refractivity contribution in [3.05, 3.63) is 64.1 Å². The van der Waals surface area contributed by atoms with Crippen molar-refractivity contribution in [2.45, 2.75) is 26.8 Å². The fraction of sp³-hybridized carbons (Fsp3) is 0.238. The van der Waals surface area contributed by atoms with E-state index in [0.29, 0.717) is 27.5 Å². The van der Waals surface area contributed by atoms with Crippen molar-refractivity contribution in [1.82, 2.24) is 15.1 Å². The molecule has 1 atom stereocenters. The Morgan fingerprint density at radius 3 is 2.73 bits per heavy atom. The molecule has 0 aliphatic carbocycles. The minimum atomic E-state index is -0.717. The topological polar surface area (TPSA) is 102 Å².